The lowest BCUT2D eigenvalue weighted by atomic mass is 10.1. The van der Waals surface area contributed by atoms with Crippen LogP contribution in [0.5, 0.6) is 0 Å². The van der Waals surface area contributed by atoms with E-state index in [1.807, 2.05) is 12.2 Å². The van der Waals surface area contributed by atoms with Crippen LogP contribution in [0.1, 0.15) is 28.9 Å². The number of nitrogens with zero attached hydrogens (tertiary/aromatic N) is 1. The molecule has 0 unspecified atom stereocenters. The summed E-state index contributed by atoms with van der Waals surface area (Å²) in [5.41, 5.74) is 0.836. The molecule has 0 aromatic carbocycles. The minimum Gasteiger partial charge on any atom is -0.492 e. The molecular formula is C13H12ClNO3. The molecule has 5 heteroatoms. The zero-order valence-electron chi connectivity index (χ0n) is 9.60. The summed E-state index contributed by atoms with van der Waals surface area (Å²) in [5.74, 6) is -0.271. The number of hydrogen-bond acceptors (Lipinski definition) is 3. The van der Waals surface area contributed by atoms with Gasteiger partial charge in [0.15, 0.2) is 0 Å². The van der Waals surface area contributed by atoms with Gasteiger partial charge in [-0.1, -0.05) is 23.7 Å². The Kier molecular flexibility index (Phi) is 3.99. The lowest BCUT2D eigenvalue weighted by molar-refractivity contribution is 0.0690. The van der Waals surface area contributed by atoms with Gasteiger partial charge in [-0.05, 0) is 18.6 Å². The Morgan fingerprint density at radius 3 is 2.94 bits per heavy atom. The summed E-state index contributed by atoms with van der Waals surface area (Å²) in [6, 6.07) is 3.14. The highest BCUT2D eigenvalue weighted by Crippen LogP contribution is 2.23. The fourth-order valence-corrected chi connectivity index (χ4v) is 1.80. The molecule has 0 radical (unpaired) electrons. The Morgan fingerprint density at radius 1 is 1.50 bits per heavy atom. The maximum Gasteiger partial charge on any atom is 0.354 e. The number of carbonyl (C=O) groups is 1. The van der Waals surface area contributed by atoms with Crippen LogP contribution in [0.25, 0.3) is 0 Å². The van der Waals surface area contributed by atoms with E-state index in [9.17, 15) is 4.79 Å². The fraction of sp³-hybridized carbons (Fsp3) is 0.231. The van der Waals surface area contributed by atoms with E-state index in [1.54, 1.807) is 6.07 Å². The first kappa shape index (κ1) is 12.6. The zero-order valence-corrected chi connectivity index (χ0v) is 10.4. The van der Waals surface area contributed by atoms with Gasteiger partial charge >= 0.3 is 5.97 Å². The van der Waals surface area contributed by atoms with E-state index in [2.05, 4.69) is 4.98 Å². The maximum atomic E-state index is 10.6. The summed E-state index contributed by atoms with van der Waals surface area (Å²) in [6.07, 6.45) is 7.03. The largest absolute Gasteiger partial charge is 0.492 e. The Balaban J connectivity index is 1.98. The fourth-order valence-electron chi connectivity index (χ4n) is 1.56. The Bertz CT molecular complexity index is 505. The van der Waals surface area contributed by atoms with Gasteiger partial charge in [0.2, 0.25) is 0 Å². The van der Waals surface area contributed by atoms with Gasteiger partial charge < -0.3 is 9.84 Å². The highest BCUT2D eigenvalue weighted by atomic mass is 35.5. The lowest BCUT2D eigenvalue weighted by Crippen LogP contribution is -2.02. The number of allylic oxidation sites excluding steroid dienone is 4. The molecule has 0 saturated carbocycles. The third-order valence-corrected chi connectivity index (χ3v) is 2.86. The maximum absolute atomic E-state index is 10.6. The van der Waals surface area contributed by atoms with Crippen molar-refractivity contribution in [1.82, 2.24) is 4.98 Å². The number of aromatic nitrogens is 1. The van der Waals surface area contributed by atoms with Crippen LogP contribution in [0, 0.1) is 0 Å². The molecule has 1 N–H and O–H groups in total. The van der Waals surface area contributed by atoms with E-state index in [0.29, 0.717) is 11.6 Å². The number of halogens is 1. The van der Waals surface area contributed by atoms with E-state index in [0.717, 1.165) is 24.2 Å². The van der Waals surface area contributed by atoms with Crippen molar-refractivity contribution in [2.75, 3.05) is 0 Å². The molecule has 1 aliphatic carbocycles. The summed E-state index contributed by atoms with van der Waals surface area (Å²) < 4.78 is 5.59. The van der Waals surface area contributed by atoms with Crippen LogP contribution < -0.4 is 0 Å². The number of carboxylic acids is 1. The Hall–Kier alpha value is -1.81. The molecule has 94 valence electrons. The van der Waals surface area contributed by atoms with Crippen molar-refractivity contribution in [3.8, 4) is 0 Å². The molecule has 1 aromatic rings. The quantitative estimate of drug-likeness (QED) is 0.909. The smallest absolute Gasteiger partial charge is 0.354 e. The summed E-state index contributed by atoms with van der Waals surface area (Å²) in [4.78, 5) is 14.5. The number of pyridine rings is 1. The zero-order chi connectivity index (χ0) is 13.0. The molecule has 1 heterocycles. The van der Waals surface area contributed by atoms with Crippen LogP contribution >= 0.6 is 11.6 Å². The van der Waals surface area contributed by atoms with Gasteiger partial charge in [-0.2, -0.15) is 0 Å². The molecule has 0 saturated heterocycles. The van der Waals surface area contributed by atoms with Crippen molar-refractivity contribution in [3.63, 3.8) is 0 Å². The molecule has 0 bridgehead atoms. The number of carboxylic acid groups (broad SMARTS) is 1. The van der Waals surface area contributed by atoms with Crippen LogP contribution in [0.2, 0.25) is 0 Å². The van der Waals surface area contributed by atoms with Gasteiger partial charge in [0, 0.05) is 18.2 Å². The molecule has 0 fully saturated rings. The van der Waals surface area contributed by atoms with Crippen molar-refractivity contribution < 1.29 is 14.6 Å². The molecule has 2 rings (SSSR count). The van der Waals surface area contributed by atoms with Crippen molar-refractivity contribution in [3.05, 3.63) is 52.5 Å². The molecule has 1 aromatic heterocycles. The van der Waals surface area contributed by atoms with Crippen LogP contribution in [-0.4, -0.2) is 16.1 Å². The first-order valence-electron chi connectivity index (χ1n) is 5.53. The average molecular weight is 266 g/mol. The SMILES string of the molecule is O=C(O)c1ccc(COC2=C(Cl)C=CCC2)cn1. The van der Waals surface area contributed by atoms with Gasteiger partial charge in [-0.15, -0.1) is 0 Å². The van der Waals surface area contributed by atoms with Gasteiger partial charge in [-0.25, -0.2) is 9.78 Å². The lowest BCUT2D eigenvalue weighted by Gasteiger charge is -2.13. The second kappa shape index (κ2) is 5.69. The third-order valence-electron chi connectivity index (χ3n) is 2.53. The molecule has 0 atom stereocenters. The molecule has 0 amide bonds. The third kappa shape index (κ3) is 3.11. The number of hydrogen-bond donors (Lipinski definition) is 1. The number of ether oxygens (including phenoxy) is 1. The predicted octanol–water partition coefficient (Wildman–Crippen LogP) is 3.10. The van der Waals surface area contributed by atoms with Crippen molar-refractivity contribution >= 4 is 17.6 Å². The minimum atomic E-state index is -1.04. The van der Waals surface area contributed by atoms with E-state index >= 15 is 0 Å². The van der Waals surface area contributed by atoms with Gasteiger partial charge in [0.25, 0.3) is 0 Å². The standard InChI is InChI=1S/C13H12ClNO3/c14-10-3-1-2-4-12(10)18-8-9-5-6-11(13(16)17)15-7-9/h1,3,5-7H,2,4,8H2,(H,16,17). The van der Waals surface area contributed by atoms with Crippen LogP contribution in [-0.2, 0) is 11.3 Å². The molecule has 4 nitrogen and oxygen atoms in total. The van der Waals surface area contributed by atoms with Gasteiger partial charge in [0.1, 0.15) is 18.1 Å². The number of aromatic carboxylic acids is 1. The van der Waals surface area contributed by atoms with E-state index in [4.69, 9.17) is 21.4 Å². The predicted molar refractivity (Wildman–Crippen MR) is 67.2 cm³/mol. The monoisotopic (exact) mass is 265 g/mol. The van der Waals surface area contributed by atoms with Crippen molar-refractivity contribution in [2.45, 2.75) is 19.4 Å². The van der Waals surface area contributed by atoms with Crippen LogP contribution in [0.4, 0.5) is 0 Å². The summed E-state index contributed by atoms with van der Waals surface area (Å²) >= 11 is 5.99. The Morgan fingerprint density at radius 2 is 2.33 bits per heavy atom. The molecular weight excluding hydrogens is 254 g/mol. The first-order chi connectivity index (χ1) is 8.66. The second-order valence-electron chi connectivity index (χ2n) is 3.86. The average Bonchev–Trinajstić information content (AvgIpc) is 2.38. The van der Waals surface area contributed by atoms with Crippen molar-refractivity contribution in [2.24, 2.45) is 0 Å². The van der Waals surface area contributed by atoms with Crippen molar-refractivity contribution in [1.29, 1.82) is 0 Å². The summed E-state index contributed by atoms with van der Waals surface area (Å²) in [7, 11) is 0. The Labute approximate surface area is 110 Å². The first-order valence-corrected chi connectivity index (χ1v) is 5.91. The molecule has 1 aliphatic rings. The molecule has 18 heavy (non-hydrogen) atoms. The normalized spacial score (nSPS) is 14.7. The van der Waals surface area contributed by atoms with Crippen LogP contribution in [0.3, 0.4) is 0 Å². The number of rotatable bonds is 4. The topological polar surface area (TPSA) is 59.4 Å². The van der Waals surface area contributed by atoms with Gasteiger partial charge in [0.05, 0.1) is 5.03 Å². The highest BCUT2D eigenvalue weighted by molar-refractivity contribution is 6.31. The van der Waals surface area contributed by atoms with E-state index in [1.165, 1.54) is 12.3 Å². The molecule has 0 aliphatic heterocycles. The van der Waals surface area contributed by atoms with E-state index < -0.39 is 5.97 Å². The summed E-state index contributed by atoms with van der Waals surface area (Å²) in [6.45, 7) is 0.340. The minimum absolute atomic E-state index is 0.0246. The van der Waals surface area contributed by atoms with E-state index in [-0.39, 0.29) is 5.69 Å². The molecule has 0 spiro atoms. The summed E-state index contributed by atoms with van der Waals surface area (Å²) in [5, 5.41) is 9.34. The second-order valence-corrected chi connectivity index (χ2v) is 4.26. The van der Waals surface area contributed by atoms with Gasteiger partial charge in [-0.3, -0.25) is 0 Å². The highest BCUT2D eigenvalue weighted by Gasteiger charge is 2.09. The van der Waals surface area contributed by atoms with Crippen LogP contribution in [0.15, 0.2) is 41.3 Å².